The smallest absolute Gasteiger partial charge is 0.176 e. The van der Waals surface area contributed by atoms with Crippen LogP contribution in [0.2, 0.25) is 0 Å². The molecule has 114 valence electrons. The topological polar surface area (TPSA) is 30.5 Å². The second-order valence-electron chi connectivity index (χ2n) is 4.77. The first-order valence-corrected chi connectivity index (χ1v) is 7.67. The normalized spacial score (nSPS) is 9.91. The van der Waals surface area contributed by atoms with Crippen LogP contribution in [0.25, 0.3) is 0 Å². The molecule has 0 aliphatic heterocycles. The summed E-state index contributed by atoms with van der Waals surface area (Å²) in [7, 11) is 1.61. The van der Waals surface area contributed by atoms with Gasteiger partial charge in [-0.15, -0.1) is 6.42 Å². The minimum Gasteiger partial charge on any atom is -0.493 e. The van der Waals surface area contributed by atoms with Crippen LogP contribution in [-0.4, -0.2) is 13.7 Å². The number of hydrogen-bond donors (Lipinski definition) is 1. The van der Waals surface area contributed by atoms with Gasteiger partial charge >= 0.3 is 0 Å². The van der Waals surface area contributed by atoms with Gasteiger partial charge in [-0.1, -0.05) is 24.1 Å². The molecule has 3 nitrogen and oxygen atoms in total. The molecule has 4 heteroatoms. The Morgan fingerprint density at radius 2 is 2.05 bits per heavy atom. The fourth-order valence-corrected chi connectivity index (χ4v) is 2.70. The van der Waals surface area contributed by atoms with E-state index in [-0.39, 0.29) is 6.61 Å². The van der Waals surface area contributed by atoms with Crippen molar-refractivity contribution < 1.29 is 9.47 Å². The molecular weight excluding hydrogens is 342 g/mol. The van der Waals surface area contributed by atoms with Crippen molar-refractivity contribution in [1.82, 2.24) is 0 Å². The van der Waals surface area contributed by atoms with E-state index in [9.17, 15) is 0 Å². The number of terminal acetylenes is 1. The maximum atomic E-state index is 5.52. The SMILES string of the molecule is C#CCOc1c(Br)cc(CNc2ccccc2C)cc1OC. The molecule has 0 aliphatic carbocycles. The zero-order chi connectivity index (χ0) is 15.9. The van der Waals surface area contributed by atoms with Crippen molar-refractivity contribution >= 4 is 21.6 Å². The molecule has 0 spiro atoms. The Morgan fingerprint density at radius 1 is 1.27 bits per heavy atom. The fourth-order valence-electron chi connectivity index (χ4n) is 2.10. The van der Waals surface area contributed by atoms with Crippen LogP contribution in [-0.2, 0) is 6.54 Å². The second-order valence-corrected chi connectivity index (χ2v) is 5.62. The molecule has 0 heterocycles. The number of rotatable bonds is 6. The Bertz CT molecular complexity index is 692. The fraction of sp³-hybridized carbons (Fsp3) is 0.222. The predicted octanol–water partition coefficient (Wildman–Crippen LogP) is 4.39. The maximum absolute atomic E-state index is 5.52. The molecule has 0 saturated heterocycles. The molecular formula is C18H18BrNO2. The first kappa shape index (κ1) is 16.3. The molecule has 22 heavy (non-hydrogen) atoms. The average molecular weight is 360 g/mol. The van der Waals surface area contributed by atoms with Crippen molar-refractivity contribution in [3.63, 3.8) is 0 Å². The molecule has 0 unspecified atom stereocenters. The molecule has 0 bridgehead atoms. The minimum atomic E-state index is 0.204. The van der Waals surface area contributed by atoms with Crippen LogP contribution in [0.15, 0.2) is 40.9 Å². The number of benzene rings is 2. The van der Waals surface area contributed by atoms with E-state index in [1.165, 1.54) is 5.56 Å². The van der Waals surface area contributed by atoms with Gasteiger partial charge in [0, 0.05) is 12.2 Å². The summed E-state index contributed by atoms with van der Waals surface area (Å²) in [4.78, 5) is 0. The number of nitrogens with one attached hydrogen (secondary N) is 1. The van der Waals surface area contributed by atoms with Crippen LogP contribution in [0.4, 0.5) is 5.69 Å². The van der Waals surface area contributed by atoms with Gasteiger partial charge in [-0.25, -0.2) is 0 Å². The van der Waals surface area contributed by atoms with E-state index in [1.54, 1.807) is 7.11 Å². The largest absolute Gasteiger partial charge is 0.493 e. The first-order chi connectivity index (χ1) is 10.7. The summed E-state index contributed by atoms with van der Waals surface area (Å²) < 4.78 is 11.7. The van der Waals surface area contributed by atoms with Crippen LogP contribution in [0.1, 0.15) is 11.1 Å². The molecule has 0 atom stereocenters. The van der Waals surface area contributed by atoms with Crippen LogP contribution < -0.4 is 14.8 Å². The van der Waals surface area contributed by atoms with Gasteiger partial charge in [0.25, 0.3) is 0 Å². The van der Waals surface area contributed by atoms with Crippen LogP contribution >= 0.6 is 15.9 Å². The van der Waals surface area contributed by atoms with Crippen LogP contribution in [0, 0.1) is 19.3 Å². The van der Waals surface area contributed by atoms with Crippen molar-refractivity contribution in [3.05, 3.63) is 52.0 Å². The van der Waals surface area contributed by atoms with Crippen molar-refractivity contribution in [1.29, 1.82) is 0 Å². The number of halogens is 1. The second kappa shape index (κ2) is 7.77. The van der Waals surface area contributed by atoms with Gasteiger partial charge in [-0.05, 0) is 52.2 Å². The number of anilines is 1. The quantitative estimate of drug-likeness (QED) is 0.775. The summed E-state index contributed by atoms with van der Waals surface area (Å²) in [6.45, 7) is 2.97. The standard InChI is InChI=1S/C18H18BrNO2/c1-4-9-22-18-15(19)10-14(11-17(18)21-3)12-20-16-8-6-5-7-13(16)2/h1,5-8,10-11,20H,9,12H2,2-3H3. The summed E-state index contributed by atoms with van der Waals surface area (Å²) in [5.74, 6) is 3.73. The van der Waals surface area contributed by atoms with Gasteiger partial charge in [0.2, 0.25) is 0 Å². The van der Waals surface area contributed by atoms with E-state index in [1.807, 2.05) is 24.3 Å². The van der Waals surface area contributed by atoms with E-state index >= 15 is 0 Å². The molecule has 0 amide bonds. The third kappa shape index (κ3) is 3.96. The zero-order valence-corrected chi connectivity index (χ0v) is 14.2. The van der Waals surface area contributed by atoms with Crippen LogP contribution in [0.5, 0.6) is 11.5 Å². The Hall–Kier alpha value is -2.12. The van der Waals surface area contributed by atoms with E-state index in [0.29, 0.717) is 18.0 Å². The van der Waals surface area contributed by atoms with E-state index < -0.39 is 0 Å². The lowest BCUT2D eigenvalue weighted by molar-refractivity contribution is 0.328. The summed E-state index contributed by atoms with van der Waals surface area (Å²) in [5.41, 5.74) is 3.41. The number of para-hydroxylation sites is 1. The molecule has 0 aromatic heterocycles. The van der Waals surface area contributed by atoms with Gasteiger partial charge in [-0.3, -0.25) is 0 Å². The van der Waals surface area contributed by atoms with E-state index in [0.717, 1.165) is 15.7 Å². The number of aryl methyl sites for hydroxylation is 1. The highest BCUT2D eigenvalue weighted by molar-refractivity contribution is 9.10. The number of methoxy groups -OCH3 is 1. The molecule has 0 radical (unpaired) electrons. The van der Waals surface area contributed by atoms with Crippen molar-refractivity contribution in [2.24, 2.45) is 0 Å². The summed E-state index contributed by atoms with van der Waals surface area (Å²) >= 11 is 3.51. The lowest BCUT2D eigenvalue weighted by Crippen LogP contribution is -2.03. The lowest BCUT2D eigenvalue weighted by atomic mass is 10.1. The molecule has 1 N–H and O–H groups in total. The number of ether oxygens (including phenoxy) is 2. The van der Waals surface area contributed by atoms with Gasteiger partial charge in [-0.2, -0.15) is 0 Å². The molecule has 2 rings (SSSR count). The third-order valence-corrected chi connectivity index (χ3v) is 3.81. The van der Waals surface area contributed by atoms with Crippen LogP contribution in [0.3, 0.4) is 0 Å². The molecule has 0 aliphatic rings. The molecule has 2 aromatic rings. The average Bonchev–Trinajstić information content (AvgIpc) is 2.52. The summed E-state index contributed by atoms with van der Waals surface area (Å²) in [6, 6.07) is 12.1. The maximum Gasteiger partial charge on any atom is 0.176 e. The highest BCUT2D eigenvalue weighted by Gasteiger charge is 2.11. The van der Waals surface area contributed by atoms with Crippen molar-refractivity contribution in [2.75, 3.05) is 19.0 Å². The monoisotopic (exact) mass is 359 g/mol. The van der Waals surface area contributed by atoms with Crippen molar-refractivity contribution in [2.45, 2.75) is 13.5 Å². The highest BCUT2D eigenvalue weighted by atomic mass is 79.9. The Morgan fingerprint density at radius 3 is 2.73 bits per heavy atom. The summed E-state index contributed by atoms with van der Waals surface area (Å²) in [6.07, 6.45) is 5.23. The van der Waals surface area contributed by atoms with Crippen molar-refractivity contribution in [3.8, 4) is 23.8 Å². The van der Waals surface area contributed by atoms with Gasteiger partial charge in [0.1, 0.15) is 6.61 Å². The molecule has 0 saturated carbocycles. The number of hydrogen-bond acceptors (Lipinski definition) is 3. The minimum absolute atomic E-state index is 0.204. The van der Waals surface area contributed by atoms with Gasteiger partial charge < -0.3 is 14.8 Å². The Kier molecular flexibility index (Phi) is 5.74. The zero-order valence-electron chi connectivity index (χ0n) is 12.7. The van der Waals surface area contributed by atoms with Gasteiger partial charge in [0.15, 0.2) is 11.5 Å². The third-order valence-electron chi connectivity index (χ3n) is 3.22. The Balaban J connectivity index is 2.17. The molecule has 0 fully saturated rings. The predicted molar refractivity (Wildman–Crippen MR) is 93.5 cm³/mol. The first-order valence-electron chi connectivity index (χ1n) is 6.88. The Labute approximate surface area is 139 Å². The van der Waals surface area contributed by atoms with E-state index in [2.05, 4.69) is 46.2 Å². The van der Waals surface area contributed by atoms with Gasteiger partial charge in [0.05, 0.1) is 11.6 Å². The van der Waals surface area contributed by atoms with E-state index in [4.69, 9.17) is 15.9 Å². The lowest BCUT2D eigenvalue weighted by Gasteiger charge is -2.14. The highest BCUT2D eigenvalue weighted by Crippen LogP contribution is 2.36. The summed E-state index contributed by atoms with van der Waals surface area (Å²) in [5, 5.41) is 3.42. The molecule has 2 aromatic carbocycles.